The summed E-state index contributed by atoms with van der Waals surface area (Å²) in [6.45, 7) is 0. The van der Waals surface area contributed by atoms with Gasteiger partial charge in [0.15, 0.2) is 11.5 Å². The lowest BCUT2D eigenvalue weighted by molar-refractivity contribution is 0.355. The minimum absolute atomic E-state index is 0.645. The zero-order valence-corrected chi connectivity index (χ0v) is 14.0. The van der Waals surface area contributed by atoms with Crippen LogP contribution in [0.5, 0.6) is 11.5 Å². The first kappa shape index (κ1) is 16.0. The van der Waals surface area contributed by atoms with Crippen molar-refractivity contribution in [3.05, 3.63) is 53.7 Å². The minimum Gasteiger partial charge on any atom is -0.493 e. The molecule has 0 aliphatic heterocycles. The number of methoxy groups -OCH3 is 2. The first-order valence-electron chi connectivity index (χ1n) is 7.24. The number of hydrogen-bond acceptors (Lipinski definition) is 5. The van der Waals surface area contributed by atoms with Crippen LogP contribution in [0.25, 0.3) is 0 Å². The minimum atomic E-state index is 0.645. The molecule has 0 amide bonds. The van der Waals surface area contributed by atoms with Crippen LogP contribution in [0.2, 0.25) is 5.02 Å². The molecule has 124 valence electrons. The maximum atomic E-state index is 6.01. The van der Waals surface area contributed by atoms with E-state index in [1.54, 1.807) is 20.4 Å². The van der Waals surface area contributed by atoms with E-state index in [2.05, 4.69) is 20.8 Å². The molecule has 0 spiro atoms. The van der Waals surface area contributed by atoms with Crippen LogP contribution in [0, 0.1) is 0 Å². The lowest BCUT2D eigenvalue weighted by Crippen LogP contribution is -1.97. The summed E-state index contributed by atoms with van der Waals surface area (Å²) in [5, 5.41) is 14.2. The molecule has 3 aromatic rings. The van der Waals surface area contributed by atoms with Crippen molar-refractivity contribution in [3.8, 4) is 11.5 Å². The van der Waals surface area contributed by atoms with E-state index >= 15 is 0 Å². The molecule has 1 aromatic heterocycles. The van der Waals surface area contributed by atoms with Crippen molar-refractivity contribution in [2.75, 3.05) is 24.9 Å². The molecule has 3 N–H and O–H groups in total. The zero-order valence-electron chi connectivity index (χ0n) is 13.3. The Bertz CT molecular complexity index is 835. The summed E-state index contributed by atoms with van der Waals surface area (Å²) in [6, 6.07) is 13.1. The standard InChI is InChI=1S/C17H17ClN4O2/c1-23-15-7-6-13(9-16(15)24-2)21-17-14(10-19-22-17)20-12-5-3-4-11(18)8-12/h3-10,20H,1-2H3,(H2,19,21,22). The summed E-state index contributed by atoms with van der Waals surface area (Å²) >= 11 is 6.01. The molecule has 0 unspecified atom stereocenters. The average Bonchev–Trinajstić information content (AvgIpc) is 3.01. The van der Waals surface area contributed by atoms with Gasteiger partial charge >= 0.3 is 0 Å². The number of hydrogen-bond donors (Lipinski definition) is 3. The molecule has 0 aliphatic rings. The summed E-state index contributed by atoms with van der Waals surface area (Å²) in [7, 11) is 3.21. The number of halogens is 1. The van der Waals surface area contributed by atoms with Gasteiger partial charge in [0.1, 0.15) is 11.5 Å². The smallest absolute Gasteiger partial charge is 0.162 e. The second kappa shape index (κ2) is 7.14. The van der Waals surface area contributed by atoms with E-state index in [-0.39, 0.29) is 0 Å². The molecule has 7 heteroatoms. The van der Waals surface area contributed by atoms with Gasteiger partial charge in [0.25, 0.3) is 0 Å². The SMILES string of the molecule is COc1ccc(Nc2[nH]ncc2Nc2cccc(Cl)c2)cc1OC. The van der Waals surface area contributed by atoms with Crippen molar-refractivity contribution in [1.82, 2.24) is 10.2 Å². The average molecular weight is 345 g/mol. The summed E-state index contributed by atoms with van der Waals surface area (Å²) in [4.78, 5) is 0. The molecule has 2 aromatic carbocycles. The Morgan fingerprint density at radius 3 is 2.50 bits per heavy atom. The fraction of sp³-hybridized carbons (Fsp3) is 0.118. The summed E-state index contributed by atoms with van der Waals surface area (Å²) in [6.07, 6.45) is 1.70. The van der Waals surface area contributed by atoms with Crippen LogP contribution < -0.4 is 20.1 Å². The molecular formula is C17H17ClN4O2. The van der Waals surface area contributed by atoms with E-state index in [1.165, 1.54) is 0 Å². The molecule has 24 heavy (non-hydrogen) atoms. The van der Waals surface area contributed by atoms with Gasteiger partial charge < -0.3 is 20.1 Å². The maximum absolute atomic E-state index is 6.01. The molecular weight excluding hydrogens is 328 g/mol. The Morgan fingerprint density at radius 2 is 1.75 bits per heavy atom. The van der Waals surface area contributed by atoms with E-state index in [4.69, 9.17) is 21.1 Å². The Morgan fingerprint density at radius 1 is 0.958 bits per heavy atom. The van der Waals surface area contributed by atoms with Gasteiger partial charge in [-0.1, -0.05) is 17.7 Å². The Balaban J connectivity index is 1.81. The fourth-order valence-electron chi connectivity index (χ4n) is 2.26. The highest BCUT2D eigenvalue weighted by atomic mass is 35.5. The normalized spacial score (nSPS) is 10.3. The molecule has 0 radical (unpaired) electrons. The summed E-state index contributed by atoms with van der Waals surface area (Å²) < 4.78 is 10.6. The van der Waals surface area contributed by atoms with Crippen molar-refractivity contribution in [3.63, 3.8) is 0 Å². The number of aromatic nitrogens is 2. The van der Waals surface area contributed by atoms with Crippen molar-refractivity contribution < 1.29 is 9.47 Å². The van der Waals surface area contributed by atoms with E-state index in [1.807, 2.05) is 42.5 Å². The van der Waals surface area contributed by atoms with E-state index in [9.17, 15) is 0 Å². The third-order valence-corrected chi connectivity index (χ3v) is 3.63. The van der Waals surface area contributed by atoms with Crippen LogP contribution in [0.15, 0.2) is 48.7 Å². The van der Waals surface area contributed by atoms with Gasteiger partial charge in [-0.3, -0.25) is 5.10 Å². The monoisotopic (exact) mass is 344 g/mol. The lowest BCUT2D eigenvalue weighted by Gasteiger charge is -2.12. The van der Waals surface area contributed by atoms with Gasteiger partial charge in [0.2, 0.25) is 0 Å². The van der Waals surface area contributed by atoms with Crippen molar-refractivity contribution in [2.45, 2.75) is 0 Å². The highest BCUT2D eigenvalue weighted by Gasteiger charge is 2.09. The predicted molar refractivity (Wildman–Crippen MR) is 96.2 cm³/mol. The van der Waals surface area contributed by atoms with Gasteiger partial charge in [-0.25, -0.2) is 0 Å². The maximum Gasteiger partial charge on any atom is 0.162 e. The fourth-order valence-corrected chi connectivity index (χ4v) is 2.45. The van der Waals surface area contributed by atoms with Crippen molar-refractivity contribution in [1.29, 1.82) is 0 Å². The number of rotatable bonds is 6. The zero-order chi connectivity index (χ0) is 16.9. The lowest BCUT2D eigenvalue weighted by atomic mass is 10.2. The summed E-state index contributed by atoms with van der Waals surface area (Å²) in [5.74, 6) is 2.04. The van der Waals surface area contributed by atoms with Crippen LogP contribution in [0.1, 0.15) is 0 Å². The number of H-pyrrole nitrogens is 1. The number of anilines is 4. The quantitative estimate of drug-likeness (QED) is 0.611. The highest BCUT2D eigenvalue weighted by molar-refractivity contribution is 6.30. The Hall–Kier alpha value is -2.86. The first-order valence-corrected chi connectivity index (χ1v) is 7.62. The Labute approximate surface area is 144 Å². The third kappa shape index (κ3) is 3.55. The molecule has 6 nitrogen and oxygen atoms in total. The molecule has 0 bridgehead atoms. The molecule has 1 heterocycles. The predicted octanol–water partition coefficient (Wildman–Crippen LogP) is 4.57. The van der Waals surface area contributed by atoms with Crippen LogP contribution in [-0.2, 0) is 0 Å². The van der Waals surface area contributed by atoms with Gasteiger partial charge in [-0.2, -0.15) is 5.10 Å². The van der Waals surface area contributed by atoms with Crippen LogP contribution >= 0.6 is 11.6 Å². The van der Waals surface area contributed by atoms with E-state index in [0.29, 0.717) is 16.5 Å². The third-order valence-electron chi connectivity index (χ3n) is 3.40. The first-order chi connectivity index (χ1) is 11.7. The van der Waals surface area contributed by atoms with Gasteiger partial charge in [0, 0.05) is 22.5 Å². The van der Waals surface area contributed by atoms with Crippen LogP contribution in [0.4, 0.5) is 22.9 Å². The number of nitrogens with one attached hydrogen (secondary N) is 3. The largest absolute Gasteiger partial charge is 0.493 e. The molecule has 0 saturated heterocycles. The number of nitrogens with zero attached hydrogens (tertiary/aromatic N) is 1. The number of ether oxygens (including phenoxy) is 2. The van der Waals surface area contributed by atoms with Gasteiger partial charge in [0.05, 0.1) is 20.4 Å². The highest BCUT2D eigenvalue weighted by Crippen LogP contribution is 2.32. The van der Waals surface area contributed by atoms with Crippen molar-refractivity contribution >= 4 is 34.5 Å². The van der Waals surface area contributed by atoms with Crippen molar-refractivity contribution in [2.24, 2.45) is 0 Å². The van der Waals surface area contributed by atoms with Gasteiger partial charge in [-0.15, -0.1) is 0 Å². The summed E-state index contributed by atoms with van der Waals surface area (Å²) in [5.41, 5.74) is 2.51. The van der Waals surface area contributed by atoms with Crippen LogP contribution in [0.3, 0.4) is 0 Å². The van der Waals surface area contributed by atoms with Gasteiger partial charge in [-0.05, 0) is 30.3 Å². The number of aromatic amines is 1. The molecule has 0 fully saturated rings. The topological polar surface area (TPSA) is 71.2 Å². The van der Waals surface area contributed by atoms with E-state index in [0.717, 1.165) is 22.9 Å². The molecule has 0 atom stereocenters. The second-order valence-corrected chi connectivity index (χ2v) is 5.43. The second-order valence-electron chi connectivity index (χ2n) is 4.99. The van der Waals surface area contributed by atoms with E-state index < -0.39 is 0 Å². The molecule has 0 aliphatic carbocycles. The van der Waals surface area contributed by atoms with Crippen LogP contribution in [-0.4, -0.2) is 24.4 Å². The molecule has 0 saturated carbocycles. The molecule has 3 rings (SSSR count). The Kier molecular flexibility index (Phi) is 4.77. The number of benzene rings is 2.